The molecule has 0 spiro atoms. The Morgan fingerprint density at radius 1 is 1.29 bits per heavy atom. The Balaban J connectivity index is 2.22. The number of hydrogen-bond acceptors (Lipinski definition) is 5. The molecule has 0 bridgehead atoms. The molecule has 0 aliphatic rings. The van der Waals surface area contributed by atoms with Crippen LogP contribution < -0.4 is 5.73 Å². The summed E-state index contributed by atoms with van der Waals surface area (Å²) >= 11 is 6.07. The third kappa shape index (κ3) is 2.93. The quantitative estimate of drug-likeness (QED) is 0.754. The van der Waals surface area contributed by atoms with Gasteiger partial charge in [-0.05, 0) is 30.2 Å². The molecule has 0 fully saturated rings. The fourth-order valence-corrected chi connectivity index (χ4v) is 2.56. The van der Waals surface area contributed by atoms with Gasteiger partial charge in [-0.1, -0.05) is 24.6 Å². The molecule has 2 heterocycles. The number of halogens is 1. The van der Waals surface area contributed by atoms with E-state index in [9.17, 15) is 9.90 Å². The van der Waals surface area contributed by atoms with Gasteiger partial charge < -0.3 is 10.8 Å². The smallest absolute Gasteiger partial charge is 0.354 e. The van der Waals surface area contributed by atoms with Gasteiger partial charge in [0.2, 0.25) is 5.95 Å². The zero-order valence-electron chi connectivity index (χ0n) is 12.8. The standard InChI is InChI=1S/C16H14ClN5O2/c1-2-9-3-4-10(17)7-13(9)22-14(15(23)24)8-12(21-22)11-5-6-19-16(18)20-11/h3-8H,2H2,1H3,(H,23,24)(H2,18,19,20). The van der Waals surface area contributed by atoms with E-state index in [0.717, 1.165) is 5.56 Å². The second kappa shape index (κ2) is 6.29. The summed E-state index contributed by atoms with van der Waals surface area (Å²) in [5.74, 6) is -1.01. The maximum Gasteiger partial charge on any atom is 0.354 e. The van der Waals surface area contributed by atoms with Crippen LogP contribution in [0.5, 0.6) is 0 Å². The summed E-state index contributed by atoms with van der Waals surface area (Å²) in [6, 6.07) is 8.38. The molecule has 0 amide bonds. The summed E-state index contributed by atoms with van der Waals surface area (Å²) < 4.78 is 1.36. The molecule has 1 aromatic carbocycles. The van der Waals surface area contributed by atoms with Crippen molar-refractivity contribution in [1.29, 1.82) is 0 Å². The van der Waals surface area contributed by atoms with Crippen LogP contribution >= 0.6 is 11.6 Å². The van der Waals surface area contributed by atoms with E-state index >= 15 is 0 Å². The first-order chi connectivity index (χ1) is 11.5. The lowest BCUT2D eigenvalue weighted by molar-refractivity contribution is 0.0687. The number of benzene rings is 1. The molecule has 8 heteroatoms. The molecule has 122 valence electrons. The largest absolute Gasteiger partial charge is 0.477 e. The van der Waals surface area contributed by atoms with E-state index in [0.29, 0.717) is 28.5 Å². The maximum atomic E-state index is 11.6. The number of aryl methyl sites for hydroxylation is 1. The lowest BCUT2D eigenvalue weighted by Gasteiger charge is -2.10. The molecule has 0 atom stereocenters. The summed E-state index contributed by atoms with van der Waals surface area (Å²) in [4.78, 5) is 19.5. The third-order valence-electron chi connectivity index (χ3n) is 3.52. The van der Waals surface area contributed by atoms with Crippen molar-refractivity contribution in [1.82, 2.24) is 19.7 Å². The average molecular weight is 344 g/mol. The van der Waals surface area contributed by atoms with Crippen molar-refractivity contribution in [2.24, 2.45) is 0 Å². The van der Waals surface area contributed by atoms with Crippen LogP contribution in [-0.4, -0.2) is 30.8 Å². The highest BCUT2D eigenvalue weighted by Crippen LogP contribution is 2.25. The average Bonchev–Trinajstić information content (AvgIpc) is 3.00. The number of carboxylic acids is 1. The Morgan fingerprint density at radius 2 is 2.08 bits per heavy atom. The zero-order chi connectivity index (χ0) is 17.3. The Bertz CT molecular complexity index is 923. The Labute approximate surface area is 142 Å². The topological polar surface area (TPSA) is 107 Å². The highest BCUT2D eigenvalue weighted by molar-refractivity contribution is 6.30. The molecule has 0 aliphatic carbocycles. The Morgan fingerprint density at radius 3 is 2.75 bits per heavy atom. The van der Waals surface area contributed by atoms with Crippen LogP contribution in [0.4, 0.5) is 5.95 Å². The highest BCUT2D eigenvalue weighted by atomic mass is 35.5. The van der Waals surface area contributed by atoms with Gasteiger partial charge in [0.05, 0.1) is 11.4 Å². The maximum absolute atomic E-state index is 11.6. The number of aromatic carboxylic acids is 1. The molecular formula is C16H14ClN5O2. The van der Waals surface area contributed by atoms with E-state index in [2.05, 4.69) is 15.1 Å². The highest BCUT2D eigenvalue weighted by Gasteiger charge is 2.19. The number of carboxylic acid groups (broad SMARTS) is 1. The fourth-order valence-electron chi connectivity index (χ4n) is 2.39. The van der Waals surface area contributed by atoms with Crippen LogP contribution in [0.2, 0.25) is 5.02 Å². The van der Waals surface area contributed by atoms with E-state index in [1.54, 1.807) is 18.2 Å². The van der Waals surface area contributed by atoms with Crippen molar-refractivity contribution >= 4 is 23.5 Å². The van der Waals surface area contributed by atoms with Crippen molar-refractivity contribution < 1.29 is 9.90 Å². The molecule has 3 aromatic rings. The molecule has 0 aliphatic heterocycles. The minimum atomic E-state index is -1.10. The minimum absolute atomic E-state index is 0.0131. The molecule has 7 nitrogen and oxygen atoms in total. The Kier molecular flexibility index (Phi) is 4.18. The number of carbonyl (C=O) groups is 1. The van der Waals surface area contributed by atoms with Gasteiger partial charge in [0.15, 0.2) is 5.69 Å². The lowest BCUT2D eigenvalue weighted by atomic mass is 10.1. The van der Waals surface area contributed by atoms with Crippen LogP contribution in [0.15, 0.2) is 36.5 Å². The van der Waals surface area contributed by atoms with E-state index in [-0.39, 0.29) is 11.6 Å². The second-order valence-electron chi connectivity index (χ2n) is 5.06. The van der Waals surface area contributed by atoms with Gasteiger partial charge in [-0.25, -0.2) is 19.4 Å². The van der Waals surface area contributed by atoms with Crippen molar-refractivity contribution in [3.63, 3.8) is 0 Å². The van der Waals surface area contributed by atoms with Gasteiger partial charge in [-0.15, -0.1) is 0 Å². The number of nitrogens with zero attached hydrogens (tertiary/aromatic N) is 4. The molecular weight excluding hydrogens is 330 g/mol. The van der Waals surface area contributed by atoms with E-state index < -0.39 is 5.97 Å². The number of nitrogens with two attached hydrogens (primary N) is 1. The number of nitrogen functional groups attached to an aromatic ring is 1. The third-order valence-corrected chi connectivity index (χ3v) is 3.76. The fraction of sp³-hybridized carbons (Fsp3) is 0.125. The zero-order valence-corrected chi connectivity index (χ0v) is 13.5. The predicted octanol–water partition coefficient (Wildman–Crippen LogP) is 2.83. The van der Waals surface area contributed by atoms with Gasteiger partial charge in [-0.3, -0.25) is 0 Å². The molecule has 0 radical (unpaired) electrons. The van der Waals surface area contributed by atoms with E-state index in [4.69, 9.17) is 17.3 Å². The van der Waals surface area contributed by atoms with Crippen molar-refractivity contribution in [3.05, 3.63) is 52.8 Å². The molecule has 0 saturated carbocycles. The first-order valence-electron chi connectivity index (χ1n) is 7.20. The predicted molar refractivity (Wildman–Crippen MR) is 90.3 cm³/mol. The van der Waals surface area contributed by atoms with Crippen LogP contribution in [-0.2, 0) is 6.42 Å². The number of rotatable bonds is 4. The van der Waals surface area contributed by atoms with Gasteiger partial charge in [0, 0.05) is 17.3 Å². The molecule has 0 unspecified atom stereocenters. The van der Waals surface area contributed by atoms with E-state index in [1.165, 1.54) is 16.9 Å². The molecule has 0 saturated heterocycles. The SMILES string of the molecule is CCc1ccc(Cl)cc1-n1nc(-c2ccnc(N)n2)cc1C(=O)O. The summed E-state index contributed by atoms with van der Waals surface area (Å²) in [6.45, 7) is 1.97. The normalized spacial score (nSPS) is 10.8. The van der Waals surface area contributed by atoms with Crippen molar-refractivity contribution in [2.45, 2.75) is 13.3 Å². The second-order valence-corrected chi connectivity index (χ2v) is 5.49. The van der Waals surface area contributed by atoms with Crippen LogP contribution in [0.1, 0.15) is 23.0 Å². The molecule has 3 rings (SSSR count). The minimum Gasteiger partial charge on any atom is -0.477 e. The van der Waals surface area contributed by atoms with Crippen LogP contribution in [0, 0.1) is 0 Å². The molecule has 3 N–H and O–H groups in total. The van der Waals surface area contributed by atoms with E-state index in [1.807, 2.05) is 13.0 Å². The van der Waals surface area contributed by atoms with Crippen molar-refractivity contribution in [2.75, 3.05) is 5.73 Å². The summed E-state index contributed by atoms with van der Waals surface area (Å²) in [5.41, 5.74) is 7.99. The van der Waals surface area contributed by atoms with Crippen molar-refractivity contribution in [3.8, 4) is 17.1 Å². The van der Waals surface area contributed by atoms with Crippen LogP contribution in [0.25, 0.3) is 17.1 Å². The summed E-state index contributed by atoms with van der Waals surface area (Å²) in [7, 11) is 0. The number of aromatic nitrogens is 4. The van der Waals surface area contributed by atoms with Gasteiger partial charge in [-0.2, -0.15) is 5.10 Å². The lowest BCUT2D eigenvalue weighted by Crippen LogP contribution is -2.10. The first kappa shape index (κ1) is 15.9. The van der Waals surface area contributed by atoms with Gasteiger partial charge in [0.1, 0.15) is 5.69 Å². The first-order valence-corrected chi connectivity index (χ1v) is 7.58. The Hall–Kier alpha value is -2.93. The monoisotopic (exact) mass is 343 g/mol. The number of hydrogen-bond donors (Lipinski definition) is 2. The molecule has 2 aromatic heterocycles. The summed E-state index contributed by atoms with van der Waals surface area (Å²) in [5, 5.41) is 14.4. The van der Waals surface area contributed by atoms with Gasteiger partial charge >= 0.3 is 5.97 Å². The number of anilines is 1. The molecule has 24 heavy (non-hydrogen) atoms. The van der Waals surface area contributed by atoms with Gasteiger partial charge in [0.25, 0.3) is 0 Å². The summed E-state index contributed by atoms with van der Waals surface area (Å²) in [6.07, 6.45) is 2.20. The van der Waals surface area contributed by atoms with Crippen LogP contribution in [0.3, 0.4) is 0 Å².